The first-order chi connectivity index (χ1) is 9.25. The molecular weight excluding hydrogens is 238 g/mol. The molecule has 19 heavy (non-hydrogen) atoms. The van der Waals surface area contributed by atoms with Crippen molar-refractivity contribution in [2.75, 3.05) is 26.8 Å². The Morgan fingerprint density at radius 1 is 1.32 bits per heavy atom. The van der Waals surface area contributed by atoms with Crippen LogP contribution in [0.25, 0.3) is 0 Å². The molecule has 2 N–H and O–H groups in total. The Kier molecular flexibility index (Phi) is 4.83. The zero-order valence-corrected chi connectivity index (χ0v) is 12.0. The summed E-state index contributed by atoms with van der Waals surface area (Å²) in [6.07, 6.45) is 4.12. The number of hydrogen-bond acceptors (Lipinski definition) is 3. The SMILES string of the molecule is CCc1cc(C2(CO)CCCNCC2)ccc1OC. The van der Waals surface area contributed by atoms with Crippen LogP contribution in [0.1, 0.15) is 37.3 Å². The molecule has 1 atom stereocenters. The third kappa shape index (κ3) is 2.93. The zero-order chi connectivity index (χ0) is 13.7. The highest BCUT2D eigenvalue weighted by Gasteiger charge is 2.32. The van der Waals surface area contributed by atoms with Crippen LogP contribution in [-0.2, 0) is 11.8 Å². The van der Waals surface area contributed by atoms with Crippen LogP contribution in [0.4, 0.5) is 0 Å². The number of aryl methyl sites for hydroxylation is 1. The number of ether oxygens (including phenoxy) is 1. The van der Waals surface area contributed by atoms with E-state index in [0.29, 0.717) is 0 Å². The van der Waals surface area contributed by atoms with E-state index in [1.807, 2.05) is 6.07 Å². The fourth-order valence-electron chi connectivity index (χ4n) is 3.05. The number of aliphatic hydroxyl groups is 1. The predicted octanol–water partition coefficient (Wildman–Crippen LogP) is 2.26. The van der Waals surface area contributed by atoms with Gasteiger partial charge in [-0.05, 0) is 56.0 Å². The highest BCUT2D eigenvalue weighted by Crippen LogP contribution is 2.36. The van der Waals surface area contributed by atoms with Gasteiger partial charge >= 0.3 is 0 Å². The summed E-state index contributed by atoms with van der Waals surface area (Å²) in [4.78, 5) is 0. The highest BCUT2D eigenvalue weighted by atomic mass is 16.5. The molecule has 0 amide bonds. The van der Waals surface area contributed by atoms with Crippen molar-refractivity contribution in [1.82, 2.24) is 5.32 Å². The van der Waals surface area contributed by atoms with Crippen molar-refractivity contribution in [3.63, 3.8) is 0 Å². The van der Waals surface area contributed by atoms with Gasteiger partial charge in [0.2, 0.25) is 0 Å². The lowest BCUT2D eigenvalue weighted by Crippen LogP contribution is -2.32. The first-order valence-electron chi connectivity index (χ1n) is 7.25. The molecule has 0 saturated carbocycles. The second-order valence-corrected chi connectivity index (χ2v) is 5.42. The number of methoxy groups -OCH3 is 1. The molecule has 0 aliphatic carbocycles. The monoisotopic (exact) mass is 263 g/mol. The fourth-order valence-corrected chi connectivity index (χ4v) is 3.05. The lowest BCUT2D eigenvalue weighted by molar-refractivity contribution is 0.178. The molecule has 1 aromatic carbocycles. The van der Waals surface area contributed by atoms with Gasteiger partial charge in [0.05, 0.1) is 13.7 Å². The molecule has 0 radical (unpaired) electrons. The fraction of sp³-hybridized carbons (Fsp3) is 0.625. The molecule has 0 bridgehead atoms. The summed E-state index contributed by atoms with van der Waals surface area (Å²) in [6, 6.07) is 6.39. The Morgan fingerprint density at radius 2 is 2.16 bits per heavy atom. The van der Waals surface area contributed by atoms with E-state index in [1.165, 1.54) is 11.1 Å². The van der Waals surface area contributed by atoms with Gasteiger partial charge in [0.25, 0.3) is 0 Å². The standard InChI is InChI=1S/C16H25NO2/c1-3-13-11-14(5-6-15(13)19-2)16(12-18)7-4-9-17-10-8-16/h5-6,11,17-18H,3-4,7-10,12H2,1-2H3. The smallest absolute Gasteiger partial charge is 0.122 e. The van der Waals surface area contributed by atoms with Crippen LogP contribution >= 0.6 is 0 Å². The normalized spacial score (nSPS) is 23.9. The average Bonchev–Trinajstić information content (AvgIpc) is 2.72. The van der Waals surface area contributed by atoms with E-state index in [-0.39, 0.29) is 12.0 Å². The van der Waals surface area contributed by atoms with Crippen molar-refractivity contribution in [1.29, 1.82) is 0 Å². The average molecular weight is 263 g/mol. The Hall–Kier alpha value is -1.06. The molecule has 1 aromatic rings. The number of hydrogen-bond donors (Lipinski definition) is 2. The summed E-state index contributed by atoms with van der Waals surface area (Å²) in [7, 11) is 1.71. The second kappa shape index (κ2) is 6.40. The molecule has 1 aliphatic heterocycles. The maximum atomic E-state index is 9.95. The first kappa shape index (κ1) is 14.4. The van der Waals surface area contributed by atoms with Gasteiger partial charge in [-0.2, -0.15) is 0 Å². The van der Waals surface area contributed by atoms with Gasteiger partial charge < -0.3 is 15.2 Å². The van der Waals surface area contributed by atoms with Gasteiger partial charge in [-0.15, -0.1) is 0 Å². The second-order valence-electron chi connectivity index (χ2n) is 5.42. The minimum absolute atomic E-state index is 0.0836. The summed E-state index contributed by atoms with van der Waals surface area (Å²) < 4.78 is 5.39. The van der Waals surface area contributed by atoms with Crippen LogP contribution in [0, 0.1) is 0 Å². The van der Waals surface area contributed by atoms with Crippen molar-refractivity contribution in [3.8, 4) is 5.75 Å². The maximum Gasteiger partial charge on any atom is 0.122 e. The molecule has 1 fully saturated rings. The van der Waals surface area contributed by atoms with Crippen LogP contribution in [-0.4, -0.2) is 31.9 Å². The number of benzene rings is 1. The highest BCUT2D eigenvalue weighted by molar-refractivity contribution is 5.40. The Labute approximate surface area is 116 Å². The molecule has 1 heterocycles. The molecule has 1 aliphatic rings. The minimum atomic E-state index is -0.0836. The third-order valence-corrected chi connectivity index (χ3v) is 4.37. The van der Waals surface area contributed by atoms with Gasteiger partial charge in [-0.1, -0.05) is 19.1 Å². The van der Waals surface area contributed by atoms with E-state index >= 15 is 0 Å². The molecule has 1 saturated heterocycles. The molecule has 1 unspecified atom stereocenters. The largest absolute Gasteiger partial charge is 0.496 e. The molecule has 106 valence electrons. The minimum Gasteiger partial charge on any atom is -0.496 e. The number of aliphatic hydroxyl groups excluding tert-OH is 1. The maximum absolute atomic E-state index is 9.95. The quantitative estimate of drug-likeness (QED) is 0.875. The van der Waals surface area contributed by atoms with E-state index in [1.54, 1.807) is 7.11 Å². The van der Waals surface area contributed by atoms with Gasteiger partial charge in [0, 0.05) is 5.41 Å². The van der Waals surface area contributed by atoms with Crippen LogP contribution in [0.15, 0.2) is 18.2 Å². The van der Waals surface area contributed by atoms with Crippen molar-refractivity contribution in [2.24, 2.45) is 0 Å². The lowest BCUT2D eigenvalue weighted by Gasteiger charge is -2.31. The Balaban J connectivity index is 2.36. The van der Waals surface area contributed by atoms with Gasteiger partial charge in [-0.3, -0.25) is 0 Å². The Bertz CT molecular complexity index is 409. The van der Waals surface area contributed by atoms with E-state index < -0.39 is 0 Å². The predicted molar refractivity (Wildman–Crippen MR) is 77.9 cm³/mol. The number of rotatable bonds is 4. The van der Waals surface area contributed by atoms with Crippen LogP contribution in [0.2, 0.25) is 0 Å². The van der Waals surface area contributed by atoms with Crippen LogP contribution < -0.4 is 10.1 Å². The van der Waals surface area contributed by atoms with Crippen molar-refractivity contribution in [2.45, 2.75) is 38.0 Å². The van der Waals surface area contributed by atoms with E-state index in [2.05, 4.69) is 24.4 Å². The molecule has 0 spiro atoms. The topological polar surface area (TPSA) is 41.5 Å². The molecule has 0 aromatic heterocycles. The van der Waals surface area contributed by atoms with Gasteiger partial charge in [-0.25, -0.2) is 0 Å². The van der Waals surface area contributed by atoms with Gasteiger partial charge in [0.1, 0.15) is 5.75 Å². The third-order valence-electron chi connectivity index (χ3n) is 4.37. The molecular formula is C16H25NO2. The summed E-state index contributed by atoms with van der Waals surface area (Å²) in [6.45, 7) is 4.40. The number of nitrogens with one attached hydrogen (secondary N) is 1. The summed E-state index contributed by atoms with van der Waals surface area (Å²) in [5, 5.41) is 13.4. The summed E-state index contributed by atoms with van der Waals surface area (Å²) in [5.41, 5.74) is 2.40. The molecule has 3 nitrogen and oxygen atoms in total. The van der Waals surface area contributed by atoms with Crippen molar-refractivity contribution in [3.05, 3.63) is 29.3 Å². The van der Waals surface area contributed by atoms with E-state index in [4.69, 9.17) is 4.74 Å². The zero-order valence-electron chi connectivity index (χ0n) is 12.0. The molecule has 3 heteroatoms. The summed E-state index contributed by atoms with van der Waals surface area (Å²) >= 11 is 0. The summed E-state index contributed by atoms with van der Waals surface area (Å²) in [5.74, 6) is 0.950. The van der Waals surface area contributed by atoms with Crippen LogP contribution in [0.3, 0.4) is 0 Å². The van der Waals surface area contributed by atoms with E-state index in [0.717, 1.165) is 44.5 Å². The molecule has 2 rings (SSSR count). The lowest BCUT2D eigenvalue weighted by atomic mass is 9.74. The van der Waals surface area contributed by atoms with Crippen molar-refractivity contribution < 1.29 is 9.84 Å². The Morgan fingerprint density at radius 3 is 2.84 bits per heavy atom. The van der Waals surface area contributed by atoms with Crippen molar-refractivity contribution >= 4 is 0 Å². The van der Waals surface area contributed by atoms with E-state index in [9.17, 15) is 5.11 Å². The van der Waals surface area contributed by atoms with Crippen LogP contribution in [0.5, 0.6) is 5.75 Å². The first-order valence-corrected chi connectivity index (χ1v) is 7.25. The van der Waals surface area contributed by atoms with Gasteiger partial charge in [0.15, 0.2) is 0 Å².